The summed E-state index contributed by atoms with van der Waals surface area (Å²) in [5.41, 5.74) is 5.00. The number of likely N-dealkylation sites (tertiary alicyclic amines) is 1. The van der Waals surface area contributed by atoms with Gasteiger partial charge in [0.15, 0.2) is 0 Å². The van der Waals surface area contributed by atoms with E-state index < -0.39 is 45.5 Å². The van der Waals surface area contributed by atoms with Crippen LogP contribution in [0.15, 0.2) is 58.9 Å². The summed E-state index contributed by atoms with van der Waals surface area (Å²) >= 11 is 1.57. The molecular formula is C39H54N4O9S2. The summed E-state index contributed by atoms with van der Waals surface area (Å²) in [6, 6.07) is 12.6. The van der Waals surface area contributed by atoms with Crippen LogP contribution in [0.25, 0.3) is 10.4 Å². The van der Waals surface area contributed by atoms with Crippen LogP contribution in [-0.2, 0) is 44.7 Å². The van der Waals surface area contributed by atoms with Gasteiger partial charge < -0.3 is 30.1 Å². The number of aryl methyl sites for hydroxylation is 2. The Labute approximate surface area is 322 Å². The van der Waals surface area contributed by atoms with Crippen molar-refractivity contribution in [2.45, 2.75) is 96.4 Å². The first kappa shape index (κ1) is 43.0. The van der Waals surface area contributed by atoms with E-state index in [-0.39, 0.29) is 50.1 Å². The molecule has 3 atom stereocenters. The van der Waals surface area contributed by atoms with Crippen LogP contribution < -0.4 is 10.6 Å². The first-order valence-corrected chi connectivity index (χ1v) is 20.6. The maximum atomic E-state index is 13.8. The van der Waals surface area contributed by atoms with E-state index in [1.54, 1.807) is 23.5 Å². The SMILES string of the molecule is Cc1ccc(S(=O)(=O)OCCCCCOCCCOCC(=O)NC(C(=O)N2C[C@H](O)C[C@H]2C(=O)NCc2ccc(-c3scnc3C)cc2)C(C)(C)C)cc1. The molecule has 13 nitrogen and oxygen atoms in total. The van der Waals surface area contributed by atoms with Crippen molar-refractivity contribution < 1.29 is 41.6 Å². The normalized spacial score (nSPS) is 16.7. The molecule has 0 radical (unpaired) electrons. The van der Waals surface area contributed by atoms with E-state index in [0.717, 1.165) is 40.1 Å². The Balaban J connectivity index is 1.12. The first-order chi connectivity index (χ1) is 25.7. The summed E-state index contributed by atoms with van der Waals surface area (Å²) in [7, 11) is -3.76. The van der Waals surface area contributed by atoms with Gasteiger partial charge in [-0.3, -0.25) is 18.6 Å². The highest BCUT2D eigenvalue weighted by molar-refractivity contribution is 7.86. The van der Waals surface area contributed by atoms with Crippen molar-refractivity contribution in [3.63, 3.8) is 0 Å². The zero-order valence-electron chi connectivity index (χ0n) is 31.8. The average molecular weight is 787 g/mol. The van der Waals surface area contributed by atoms with Crippen molar-refractivity contribution in [3.05, 3.63) is 70.9 Å². The Kier molecular flexibility index (Phi) is 16.1. The van der Waals surface area contributed by atoms with Crippen molar-refractivity contribution in [3.8, 4) is 10.4 Å². The van der Waals surface area contributed by atoms with Crippen molar-refractivity contribution in [2.24, 2.45) is 5.41 Å². The number of carbonyl (C=O) groups excluding carboxylic acids is 3. The Morgan fingerprint density at radius 2 is 1.61 bits per heavy atom. The predicted octanol–water partition coefficient (Wildman–Crippen LogP) is 4.53. The van der Waals surface area contributed by atoms with Crippen molar-refractivity contribution >= 4 is 39.2 Å². The number of aromatic nitrogens is 1. The lowest BCUT2D eigenvalue weighted by molar-refractivity contribution is -0.144. The van der Waals surface area contributed by atoms with E-state index in [1.807, 2.05) is 64.4 Å². The second-order valence-corrected chi connectivity index (χ2v) is 17.1. The van der Waals surface area contributed by atoms with E-state index >= 15 is 0 Å². The van der Waals surface area contributed by atoms with Crippen LogP contribution in [0.2, 0.25) is 0 Å². The van der Waals surface area contributed by atoms with Gasteiger partial charge in [-0.05, 0) is 68.2 Å². The van der Waals surface area contributed by atoms with Crippen LogP contribution in [0.3, 0.4) is 0 Å². The van der Waals surface area contributed by atoms with Crippen LogP contribution in [0.4, 0.5) is 0 Å². The number of unbranched alkanes of at least 4 members (excludes halogenated alkanes) is 2. The van der Waals surface area contributed by atoms with Gasteiger partial charge in [0.05, 0.1) is 33.7 Å². The fourth-order valence-corrected chi connectivity index (χ4v) is 7.69. The Hall–Kier alpha value is -3.73. The molecule has 1 saturated heterocycles. The number of β-amino-alcohol motifs (C(OH)–C–C–N with tert-alkyl or cyclic N) is 1. The largest absolute Gasteiger partial charge is 0.391 e. The van der Waals surface area contributed by atoms with E-state index in [4.69, 9.17) is 13.7 Å². The number of nitrogens with zero attached hydrogens (tertiary/aromatic N) is 2. The van der Waals surface area contributed by atoms with Crippen LogP contribution >= 0.6 is 11.3 Å². The van der Waals surface area contributed by atoms with Gasteiger partial charge in [-0.2, -0.15) is 8.42 Å². The van der Waals surface area contributed by atoms with Crippen LogP contribution in [-0.4, -0.2) is 98.9 Å². The maximum absolute atomic E-state index is 13.8. The predicted molar refractivity (Wildman–Crippen MR) is 206 cm³/mol. The number of hydrogen-bond donors (Lipinski definition) is 3. The molecule has 0 bridgehead atoms. The number of ether oxygens (including phenoxy) is 2. The summed E-state index contributed by atoms with van der Waals surface area (Å²) in [6.07, 6.45) is 1.88. The standard InChI is InChI=1S/C39H54N4O9S2/c1-27-10-16-32(17-11-27)54(48,49)52-21-8-6-7-18-50-19-9-20-51-25-34(45)42-36(39(3,4)5)38(47)43-24-31(44)22-33(43)37(46)40-23-29-12-14-30(15-13-29)35-28(2)41-26-53-35/h10-17,26,31,33,36,44H,6-9,18-25H2,1-5H3,(H,40,46)(H,42,45)/t31-,33+,36?/m1/s1. The number of hydrogen-bond acceptors (Lipinski definition) is 11. The molecule has 4 rings (SSSR count). The topological polar surface area (TPSA) is 173 Å². The highest BCUT2D eigenvalue weighted by Gasteiger charge is 2.44. The third-order valence-electron chi connectivity index (χ3n) is 9.00. The zero-order chi connectivity index (χ0) is 39.3. The van der Waals surface area contributed by atoms with Gasteiger partial charge in [-0.15, -0.1) is 11.3 Å². The van der Waals surface area contributed by atoms with Crippen molar-refractivity contribution in [1.29, 1.82) is 0 Å². The minimum Gasteiger partial charge on any atom is -0.391 e. The Morgan fingerprint density at radius 1 is 0.944 bits per heavy atom. The number of benzene rings is 2. The maximum Gasteiger partial charge on any atom is 0.296 e. The molecule has 0 spiro atoms. The second-order valence-electron chi connectivity index (χ2n) is 14.6. The summed E-state index contributed by atoms with van der Waals surface area (Å²) in [5, 5.41) is 16.2. The first-order valence-electron chi connectivity index (χ1n) is 18.3. The smallest absolute Gasteiger partial charge is 0.296 e. The number of nitrogens with one attached hydrogen (secondary N) is 2. The van der Waals surface area contributed by atoms with Crippen LogP contribution in [0.5, 0.6) is 0 Å². The Morgan fingerprint density at radius 3 is 2.28 bits per heavy atom. The molecule has 3 amide bonds. The Bertz CT molecular complexity index is 1770. The molecule has 1 aliphatic heterocycles. The van der Waals surface area contributed by atoms with Gasteiger partial charge in [-0.25, -0.2) is 4.98 Å². The van der Waals surface area contributed by atoms with Gasteiger partial charge in [0.25, 0.3) is 10.1 Å². The van der Waals surface area contributed by atoms with Crippen LogP contribution in [0.1, 0.15) is 69.7 Å². The summed E-state index contributed by atoms with van der Waals surface area (Å²) in [4.78, 5) is 46.9. The van der Waals surface area contributed by atoms with Gasteiger partial charge in [0.1, 0.15) is 18.7 Å². The molecule has 1 fully saturated rings. The van der Waals surface area contributed by atoms with Gasteiger partial charge >= 0.3 is 0 Å². The highest BCUT2D eigenvalue weighted by Crippen LogP contribution is 2.28. The average Bonchev–Trinajstić information content (AvgIpc) is 3.74. The highest BCUT2D eigenvalue weighted by atomic mass is 32.2. The fourth-order valence-electron chi connectivity index (χ4n) is 5.94. The van der Waals surface area contributed by atoms with E-state index in [2.05, 4.69) is 15.6 Å². The quantitative estimate of drug-likeness (QED) is 0.109. The molecule has 296 valence electrons. The number of rotatable bonds is 20. The second kappa shape index (κ2) is 20.3. The lowest BCUT2D eigenvalue weighted by Crippen LogP contribution is -2.58. The number of thiazole rings is 1. The minimum atomic E-state index is -3.76. The third-order valence-corrected chi connectivity index (χ3v) is 11.3. The zero-order valence-corrected chi connectivity index (χ0v) is 33.5. The van der Waals surface area contributed by atoms with Crippen molar-refractivity contribution in [2.75, 3.05) is 39.6 Å². The van der Waals surface area contributed by atoms with Gasteiger partial charge in [-0.1, -0.05) is 62.7 Å². The van der Waals surface area contributed by atoms with E-state index in [9.17, 15) is 27.9 Å². The van der Waals surface area contributed by atoms with E-state index in [0.29, 0.717) is 26.1 Å². The number of aliphatic hydroxyl groups excluding tert-OH is 1. The lowest BCUT2D eigenvalue weighted by atomic mass is 9.85. The molecule has 1 unspecified atom stereocenters. The monoisotopic (exact) mass is 786 g/mol. The minimum absolute atomic E-state index is 0.0114. The molecule has 1 aromatic heterocycles. The molecule has 0 saturated carbocycles. The summed E-state index contributed by atoms with van der Waals surface area (Å²) in [6.45, 7) is 10.6. The molecule has 2 aromatic carbocycles. The molecule has 3 N–H and O–H groups in total. The molecule has 3 aromatic rings. The van der Waals surface area contributed by atoms with E-state index in [1.165, 1.54) is 17.0 Å². The summed E-state index contributed by atoms with van der Waals surface area (Å²) < 4.78 is 40.8. The molecule has 0 aliphatic carbocycles. The number of carbonyl (C=O) groups is 3. The molecule has 1 aliphatic rings. The molecule has 15 heteroatoms. The lowest BCUT2D eigenvalue weighted by Gasteiger charge is -2.35. The molecule has 54 heavy (non-hydrogen) atoms. The summed E-state index contributed by atoms with van der Waals surface area (Å²) in [5.74, 6) is -1.27. The number of amides is 3. The van der Waals surface area contributed by atoms with Crippen molar-refractivity contribution in [1.82, 2.24) is 20.5 Å². The number of aliphatic hydroxyl groups is 1. The van der Waals surface area contributed by atoms with Crippen LogP contribution in [0, 0.1) is 19.3 Å². The van der Waals surface area contributed by atoms with Gasteiger partial charge in [0, 0.05) is 39.3 Å². The fraction of sp³-hybridized carbons (Fsp3) is 0.538. The molecule has 2 heterocycles. The van der Waals surface area contributed by atoms with Gasteiger partial charge in [0.2, 0.25) is 17.7 Å². The third kappa shape index (κ3) is 12.9. The molecular weight excluding hydrogens is 733 g/mol.